The lowest BCUT2D eigenvalue weighted by molar-refractivity contribution is -0.725. The zero-order chi connectivity index (χ0) is 8.93. The van der Waals surface area contributed by atoms with Gasteiger partial charge in [-0.15, -0.1) is 0 Å². The first-order valence-electron chi connectivity index (χ1n) is 6.07. The summed E-state index contributed by atoms with van der Waals surface area (Å²) in [5.74, 6) is 0. The van der Waals surface area contributed by atoms with Crippen LogP contribution in [0.1, 0.15) is 64.2 Å². The van der Waals surface area contributed by atoms with Crippen LogP contribution >= 0.6 is 0 Å². The van der Waals surface area contributed by atoms with E-state index in [2.05, 4.69) is 0 Å². The second-order valence-electron chi connectivity index (χ2n) is 4.60. The van der Waals surface area contributed by atoms with Crippen molar-refractivity contribution in [1.29, 1.82) is 0 Å². The van der Waals surface area contributed by atoms with Crippen molar-refractivity contribution in [3.05, 3.63) is 0 Å². The van der Waals surface area contributed by atoms with Crippen LogP contribution in [0.4, 0.5) is 0 Å². The van der Waals surface area contributed by atoms with Crippen molar-refractivity contribution in [3.8, 4) is 0 Å². The first kappa shape index (κ1) is 10.3. The van der Waals surface area contributed by atoms with Gasteiger partial charge in [0.15, 0.2) is 7.85 Å². The van der Waals surface area contributed by atoms with Crippen LogP contribution in [0.15, 0.2) is 0 Å². The molecule has 0 aromatic heterocycles. The first-order valence-corrected chi connectivity index (χ1v) is 8.56. The Hall–Kier alpha value is 0.730. The standard InChI is InChI=1S/C12H22I/c1-3-7-11(8-4-1)13-12-9-5-2-6-10-12/h11-12H,1-10H2/q+1. The van der Waals surface area contributed by atoms with E-state index in [0.29, 0.717) is 21.2 Å². The van der Waals surface area contributed by atoms with E-state index in [4.69, 9.17) is 0 Å². The zero-order valence-electron chi connectivity index (χ0n) is 8.60. The Kier molecular flexibility index (Phi) is 4.40. The Morgan fingerprint density at radius 2 is 0.923 bits per heavy atom. The zero-order valence-corrected chi connectivity index (χ0v) is 10.8. The molecule has 1 heteroatoms. The molecule has 2 saturated carbocycles. The van der Waals surface area contributed by atoms with Crippen LogP contribution in [0, 0.1) is 0 Å². The Morgan fingerprint density at radius 3 is 1.31 bits per heavy atom. The number of hydrogen-bond acceptors (Lipinski definition) is 0. The van der Waals surface area contributed by atoms with E-state index in [1.165, 1.54) is 20.7 Å². The van der Waals surface area contributed by atoms with Crippen LogP contribution < -0.4 is 21.2 Å². The lowest BCUT2D eigenvalue weighted by atomic mass is 10.0. The minimum atomic E-state index is 0.583. The highest BCUT2D eigenvalue weighted by atomic mass is 127. The molecule has 0 atom stereocenters. The molecule has 0 N–H and O–H groups in total. The maximum Gasteiger partial charge on any atom is 0.275 e. The second-order valence-corrected chi connectivity index (χ2v) is 8.84. The molecule has 2 aliphatic rings. The van der Waals surface area contributed by atoms with Gasteiger partial charge in [-0.2, -0.15) is 0 Å². The van der Waals surface area contributed by atoms with Gasteiger partial charge in [0.2, 0.25) is 0 Å². The third-order valence-electron chi connectivity index (χ3n) is 3.43. The first-order chi connectivity index (χ1) is 6.45. The summed E-state index contributed by atoms with van der Waals surface area (Å²) in [5.41, 5.74) is 0. The van der Waals surface area contributed by atoms with Gasteiger partial charge in [-0.1, -0.05) is 12.8 Å². The summed E-state index contributed by atoms with van der Waals surface area (Å²) in [5, 5.41) is 0. The van der Waals surface area contributed by atoms with E-state index in [1.54, 1.807) is 51.4 Å². The maximum absolute atomic E-state index is 1.60. The Morgan fingerprint density at radius 1 is 0.538 bits per heavy atom. The Bertz CT molecular complexity index is 116. The fraction of sp³-hybridized carbons (Fsp3) is 1.00. The monoisotopic (exact) mass is 293 g/mol. The molecule has 0 nitrogen and oxygen atoms in total. The van der Waals surface area contributed by atoms with Crippen molar-refractivity contribution in [2.45, 2.75) is 72.1 Å². The summed E-state index contributed by atoms with van der Waals surface area (Å²) >= 11 is 0.583. The molecule has 2 fully saturated rings. The minimum absolute atomic E-state index is 0.583. The van der Waals surface area contributed by atoms with Crippen LogP contribution in [0.5, 0.6) is 0 Å². The highest BCUT2D eigenvalue weighted by Crippen LogP contribution is 2.16. The molecule has 0 saturated heterocycles. The van der Waals surface area contributed by atoms with Gasteiger partial charge in [0.05, 0.1) is 0 Å². The van der Waals surface area contributed by atoms with Gasteiger partial charge in [0, 0.05) is 0 Å². The third-order valence-corrected chi connectivity index (χ3v) is 7.95. The van der Waals surface area contributed by atoms with E-state index in [9.17, 15) is 0 Å². The fourth-order valence-electron chi connectivity index (χ4n) is 2.61. The van der Waals surface area contributed by atoms with Crippen LogP contribution in [0.2, 0.25) is 0 Å². The van der Waals surface area contributed by atoms with E-state index >= 15 is 0 Å². The summed E-state index contributed by atoms with van der Waals surface area (Å²) in [7, 11) is 0. The van der Waals surface area contributed by atoms with Crippen molar-refractivity contribution in [3.63, 3.8) is 0 Å². The molecule has 13 heavy (non-hydrogen) atoms. The molecule has 2 rings (SSSR count). The molecule has 0 heterocycles. The third kappa shape index (κ3) is 3.41. The predicted octanol–water partition coefficient (Wildman–Crippen LogP) is 0.741. The molecule has 0 bridgehead atoms. The Labute approximate surface area is 93.1 Å². The largest absolute Gasteiger partial charge is 0.275 e. The maximum atomic E-state index is 1.60. The summed E-state index contributed by atoms with van der Waals surface area (Å²) in [6, 6.07) is 0. The van der Waals surface area contributed by atoms with Crippen molar-refractivity contribution < 1.29 is 21.2 Å². The number of halogens is 1. The van der Waals surface area contributed by atoms with Crippen molar-refractivity contribution in [2.24, 2.45) is 0 Å². The normalized spacial score (nSPS) is 27.7. The predicted molar refractivity (Wildman–Crippen MR) is 53.7 cm³/mol. The summed E-state index contributed by atoms with van der Waals surface area (Å²) in [6.45, 7) is 0. The van der Waals surface area contributed by atoms with Gasteiger partial charge in [-0.3, -0.25) is 0 Å². The number of rotatable bonds is 2. The Balaban J connectivity index is 1.69. The molecule has 0 spiro atoms. The molecule has 0 amide bonds. The lowest BCUT2D eigenvalue weighted by Crippen LogP contribution is -3.68. The summed E-state index contributed by atoms with van der Waals surface area (Å²) in [4.78, 5) is 0. The van der Waals surface area contributed by atoms with Crippen LogP contribution in [0.25, 0.3) is 0 Å². The van der Waals surface area contributed by atoms with Gasteiger partial charge in [0.25, 0.3) is 21.2 Å². The van der Waals surface area contributed by atoms with Gasteiger partial charge in [-0.05, 0) is 51.4 Å². The molecule has 2 aliphatic carbocycles. The number of alkyl halides is 2. The average Bonchev–Trinajstić information content (AvgIpc) is 2.21. The minimum Gasteiger partial charge on any atom is -0.0530 e. The molecule has 0 aromatic carbocycles. The molecular weight excluding hydrogens is 271 g/mol. The molecular formula is C12H22I+. The van der Waals surface area contributed by atoms with Crippen LogP contribution in [0.3, 0.4) is 0 Å². The molecule has 0 radical (unpaired) electrons. The topological polar surface area (TPSA) is 0 Å². The molecule has 76 valence electrons. The smallest absolute Gasteiger partial charge is 0.0530 e. The SMILES string of the molecule is C1CCC([I+]C2CCCCC2)CC1. The molecule has 0 unspecified atom stereocenters. The average molecular weight is 293 g/mol. The van der Waals surface area contributed by atoms with Crippen molar-refractivity contribution in [2.75, 3.05) is 0 Å². The lowest BCUT2D eigenvalue weighted by Gasteiger charge is -2.17. The van der Waals surface area contributed by atoms with Crippen LogP contribution in [-0.4, -0.2) is 7.85 Å². The van der Waals surface area contributed by atoms with E-state index in [0.717, 1.165) is 0 Å². The summed E-state index contributed by atoms with van der Waals surface area (Å²) < 4.78 is 2.46. The van der Waals surface area contributed by atoms with Crippen LogP contribution in [-0.2, 0) is 0 Å². The second kappa shape index (κ2) is 5.57. The fourth-order valence-corrected chi connectivity index (χ4v) is 7.25. The molecule has 0 aliphatic heterocycles. The van der Waals surface area contributed by atoms with Gasteiger partial charge >= 0.3 is 0 Å². The summed E-state index contributed by atoms with van der Waals surface area (Å²) in [6.07, 6.45) is 15.7. The van der Waals surface area contributed by atoms with Crippen molar-refractivity contribution >= 4 is 0 Å². The van der Waals surface area contributed by atoms with Crippen molar-refractivity contribution in [1.82, 2.24) is 0 Å². The highest BCUT2D eigenvalue weighted by molar-refractivity contribution is 4.67. The van der Waals surface area contributed by atoms with Gasteiger partial charge in [0.1, 0.15) is 0 Å². The number of hydrogen-bond donors (Lipinski definition) is 0. The molecule has 0 aromatic rings. The van der Waals surface area contributed by atoms with Gasteiger partial charge < -0.3 is 0 Å². The van der Waals surface area contributed by atoms with E-state index in [1.807, 2.05) is 0 Å². The quantitative estimate of drug-likeness (QED) is 0.520. The van der Waals surface area contributed by atoms with Gasteiger partial charge in [-0.25, -0.2) is 0 Å². The highest BCUT2D eigenvalue weighted by Gasteiger charge is 2.33. The van der Waals surface area contributed by atoms with E-state index < -0.39 is 0 Å². The van der Waals surface area contributed by atoms with E-state index in [-0.39, 0.29) is 0 Å².